The molecule has 6 nitrogen and oxygen atoms in total. The average molecular weight is 403 g/mol. The van der Waals surface area contributed by atoms with Crippen LogP contribution in [0.15, 0.2) is 47.4 Å². The van der Waals surface area contributed by atoms with Gasteiger partial charge in [-0.3, -0.25) is 20.4 Å². The van der Waals surface area contributed by atoms with Crippen molar-refractivity contribution in [3.63, 3.8) is 0 Å². The Hall–Kier alpha value is -2.67. The minimum atomic E-state index is -0.443. The lowest BCUT2D eigenvalue weighted by Crippen LogP contribution is -2.41. The second kappa shape index (κ2) is 10.6. The maximum absolute atomic E-state index is 12.3. The van der Waals surface area contributed by atoms with E-state index in [0.717, 1.165) is 11.3 Å². The standard InChI is InChI=1S/C21H26N2O4S/c1-14(2)11-12-27-18-10-7-16(13-19(18)26-3)21(25)23-22-20(24)15-5-8-17(28-4)9-6-15/h5-10,13-14H,11-12H2,1-4H3,(H,22,24)(H,23,25). The van der Waals surface area contributed by atoms with E-state index < -0.39 is 5.91 Å². The average Bonchev–Trinajstić information content (AvgIpc) is 2.71. The van der Waals surface area contributed by atoms with Gasteiger partial charge in [0, 0.05) is 16.0 Å². The number of hydrogen-bond acceptors (Lipinski definition) is 5. The smallest absolute Gasteiger partial charge is 0.269 e. The number of amides is 2. The van der Waals surface area contributed by atoms with E-state index in [1.165, 1.54) is 7.11 Å². The molecule has 2 aromatic carbocycles. The number of nitrogens with one attached hydrogen (secondary N) is 2. The Morgan fingerprint density at radius 3 is 2.14 bits per heavy atom. The lowest BCUT2D eigenvalue weighted by atomic mass is 10.1. The highest BCUT2D eigenvalue weighted by Gasteiger charge is 2.13. The molecule has 0 fully saturated rings. The number of hydrogen-bond donors (Lipinski definition) is 2. The van der Waals surface area contributed by atoms with Crippen molar-refractivity contribution in [3.05, 3.63) is 53.6 Å². The number of benzene rings is 2. The molecule has 0 saturated carbocycles. The molecule has 0 bridgehead atoms. The third-order valence-corrected chi connectivity index (χ3v) is 4.76. The summed E-state index contributed by atoms with van der Waals surface area (Å²) in [5.74, 6) is 0.757. The first-order chi connectivity index (χ1) is 13.4. The summed E-state index contributed by atoms with van der Waals surface area (Å²) >= 11 is 1.59. The van der Waals surface area contributed by atoms with Crippen molar-refractivity contribution >= 4 is 23.6 Å². The van der Waals surface area contributed by atoms with Crippen LogP contribution in [0.4, 0.5) is 0 Å². The monoisotopic (exact) mass is 402 g/mol. The van der Waals surface area contributed by atoms with Crippen LogP contribution in [0.1, 0.15) is 41.0 Å². The van der Waals surface area contributed by atoms with Gasteiger partial charge in [-0.15, -0.1) is 11.8 Å². The summed E-state index contributed by atoms with van der Waals surface area (Å²) in [7, 11) is 1.52. The summed E-state index contributed by atoms with van der Waals surface area (Å²) < 4.78 is 11.0. The Bertz CT molecular complexity index is 807. The van der Waals surface area contributed by atoms with Crippen LogP contribution < -0.4 is 20.3 Å². The van der Waals surface area contributed by atoms with Crippen molar-refractivity contribution < 1.29 is 19.1 Å². The molecule has 0 saturated heterocycles. The third-order valence-electron chi connectivity index (χ3n) is 4.02. The largest absolute Gasteiger partial charge is 0.493 e. The Morgan fingerprint density at radius 2 is 1.57 bits per heavy atom. The molecule has 2 aromatic rings. The van der Waals surface area contributed by atoms with Gasteiger partial charge in [0.2, 0.25) is 0 Å². The number of carbonyl (C=O) groups excluding carboxylic acids is 2. The molecule has 0 radical (unpaired) electrons. The summed E-state index contributed by atoms with van der Waals surface area (Å²) in [6, 6.07) is 12.0. The predicted molar refractivity (Wildman–Crippen MR) is 111 cm³/mol. The zero-order valence-corrected chi connectivity index (χ0v) is 17.4. The number of methoxy groups -OCH3 is 1. The highest BCUT2D eigenvalue weighted by molar-refractivity contribution is 7.98. The van der Waals surface area contributed by atoms with Gasteiger partial charge in [-0.2, -0.15) is 0 Å². The van der Waals surface area contributed by atoms with Crippen LogP contribution in [-0.2, 0) is 0 Å². The second-order valence-electron chi connectivity index (χ2n) is 6.53. The minimum absolute atomic E-state index is 0.353. The molecule has 150 valence electrons. The topological polar surface area (TPSA) is 76.7 Å². The first kappa shape index (κ1) is 21.6. The number of ether oxygens (including phenoxy) is 2. The first-order valence-corrected chi connectivity index (χ1v) is 10.2. The van der Waals surface area contributed by atoms with E-state index in [9.17, 15) is 9.59 Å². The van der Waals surface area contributed by atoms with E-state index in [2.05, 4.69) is 24.7 Å². The maximum atomic E-state index is 12.3. The van der Waals surface area contributed by atoms with Crippen LogP contribution in [0.5, 0.6) is 11.5 Å². The quantitative estimate of drug-likeness (QED) is 0.517. The van der Waals surface area contributed by atoms with Crippen LogP contribution >= 0.6 is 11.8 Å². The lowest BCUT2D eigenvalue weighted by molar-refractivity contribution is 0.0846. The molecule has 0 aromatic heterocycles. The summed E-state index contributed by atoms with van der Waals surface area (Å²) in [5.41, 5.74) is 5.65. The Labute approximate surface area is 170 Å². The second-order valence-corrected chi connectivity index (χ2v) is 7.41. The summed E-state index contributed by atoms with van der Waals surface area (Å²) in [4.78, 5) is 25.5. The minimum Gasteiger partial charge on any atom is -0.493 e. The van der Waals surface area contributed by atoms with Gasteiger partial charge in [0.15, 0.2) is 11.5 Å². The molecular formula is C21H26N2O4S. The van der Waals surface area contributed by atoms with Crippen LogP contribution in [0.3, 0.4) is 0 Å². The molecule has 0 atom stereocenters. The summed E-state index contributed by atoms with van der Waals surface area (Å²) in [6.45, 7) is 4.82. The van der Waals surface area contributed by atoms with Crippen molar-refractivity contribution in [2.45, 2.75) is 25.2 Å². The van der Waals surface area contributed by atoms with Gasteiger partial charge in [0.25, 0.3) is 11.8 Å². The Morgan fingerprint density at radius 1 is 0.964 bits per heavy atom. The van der Waals surface area contributed by atoms with Crippen molar-refractivity contribution in [2.75, 3.05) is 20.0 Å². The van der Waals surface area contributed by atoms with Gasteiger partial charge in [-0.25, -0.2) is 0 Å². The van der Waals surface area contributed by atoms with Crippen LogP contribution in [0, 0.1) is 5.92 Å². The molecule has 0 aliphatic rings. The van der Waals surface area contributed by atoms with Gasteiger partial charge < -0.3 is 9.47 Å². The number of thioether (sulfide) groups is 1. The molecule has 2 amide bonds. The van der Waals surface area contributed by atoms with Gasteiger partial charge in [-0.1, -0.05) is 13.8 Å². The van der Waals surface area contributed by atoms with E-state index in [-0.39, 0.29) is 5.91 Å². The van der Waals surface area contributed by atoms with Crippen LogP contribution in [-0.4, -0.2) is 31.8 Å². The Balaban J connectivity index is 1.96. The fourth-order valence-electron chi connectivity index (χ4n) is 2.33. The number of carbonyl (C=O) groups is 2. The first-order valence-electron chi connectivity index (χ1n) is 9.00. The molecule has 7 heteroatoms. The van der Waals surface area contributed by atoms with Crippen molar-refractivity contribution in [1.82, 2.24) is 10.9 Å². The summed E-state index contributed by atoms with van der Waals surface area (Å²) in [6.07, 6.45) is 2.89. The number of hydrazine groups is 1. The fourth-order valence-corrected chi connectivity index (χ4v) is 2.74. The molecule has 0 unspecified atom stereocenters. The van der Waals surface area contributed by atoms with Gasteiger partial charge in [0.05, 0.1) is 13.7 Å². The van der Waals surface area contributed by atoms with Crippen LogP contribution in [0.25, 0.3) is 0 Å². The van der Waals surface area contributed by atoms with Crippen molar-refractivity contribution in [2.24, 2.45) is 5.92 Å². The van der Waals surface area contributed by atoms with E-state index in [0.29, 0.717) is 35.2 Å². The summed E-state index contributed by atoms with van der Waals surface area (Å²) in [5, 5.41) is 0. The van der Waals surface area contributed by atoms with E-state index in [1.807, 2.05) is 18.4 Å². The van der Waals surface area contributed by atoms with Gasteiger partial charge in [-0.05, 0) is 61.1 Å². The molecule has 0 heterocycles. The Kier molecular flexibility index (Phi) is 8.19. The zero-order valence-electron chi connectivity index (χ0n) is 16.6. The highest BCUT2D eigenvalue weighted by atomic mass is 32.2. The fraction of sp³-hybridized carbons (Fsp3) is 0.333. The number of rotatable bonds is 8. The maximum Gasteiger partial charge on any atom is 0.269 e. The molecule has 2 rings (SSSR count). The molecule has 0 aliphatic heterocycles. The highest BCUT2D eigenvalue weighted by Crippen LogP contribution is 2.28. The van der Waals surface area contributed by atoms with E-state index in [1.54, 1.807) is 42.1 Å². The molecule has 0 spiro atoms. The zero-order chi connectivity index (χ0) is 20.5. The molecular weight excluding hydrogens is 376 g/mol. The normalized spacial score (nSPS) is 10.5. The van der Waals surface area contributed by atoms with Crippen LogP contribution in [0.2, 0.25) is 0 Å². The van der Waals surface area contributed by atoms with Gasteiger partial charge >= 0.3 is 0 Å². The SMILES string of the molecule is COc1cc(C(=O)NNC(=O)c2ccc(SC)cc2)ccc1OCCC(C)C. The van der Waals surface area contributed by atoms with E-state index in [4.69, 9.17) is 9.47 Å². The molecule has 0 aliphatic carbocycles. The van der Waals surface area contributed by atoms with Crippen molar-refractivity contribution in [1.29, 1.82) is 0 Å². The van der Waals surface area contributed by atoms with Crippen molar-refractivity contribution in [3.8, 4) is 11.5 Å². The molecule has 28 heavy (non-hydrogen) atoms. The van der Waals surface area contributed by atoms with E-state index >= 15 is 0 Å². The van der Waals surface area contributed by atoms with Gasteiger partial charge in [0.1, 0.15) is 0 Å². The molecule has 2 N–H and O–H groups in total. The predicted octanol–water partition coefficient (Wildman–Crippen LogP) is 3.92. The third kappa shape index (κ3) is 6.20. The lowest BCUT2D eigenvalue weighted by Gasteiger charge is -2.13.